The van der Waals surface area contributed by atoms with E-state index >= 15 is 0 Å². The average Bonchev–Trinajstić information content (AvgIpc) is 2.48. The van der Waals surface area contributed by atoms with E-state index in [4.69, 9.17) is 0 Å². The van der Waals surface area contributed by atoms with Crippen molar-refractivity contribution in [2.75, 3.05) is 20.6 Å². The summed E-state index contributed by atoms with van der Waals surface area (Å²) in [5.41, 5.74) is 3.09. The highest BCUT2D eigenvalue weighted by molar-refractivity contribution is 5.27. The van der Waals surface area contributed by atoms with Crippen molar-refractivity contribution < 1.29 is 0 Å². The highest BCUT2D eigenvalue weighted by Crippen LogP contribution is 2.28. The number of rotatable bonds is 9. The number of hydrogen-bond acceptors (Lipinski definition) is 2. The Morgan fingerprint density at radius 1 is 1.10 bits per heavy atom. The zero-order valence-electron chi connectivity index (χ0n) is 14.9. The Labute approximate surface area is 131 Å². The van der Waals surface area contributed by atoms with Crippen LogP contribution in [-0.2, 0) is 6.42 Å². The average molecular weight is 290 g/mol. The van der Waals surface area contributed by atoms with Gasteiger partial charge in [0.05, 0.1) is 0 Å². The third-order valence-electron chi connectivity index (χ3n) is 5.09. The molecule has 0 heterocycles. The highest BCUT2D eigenvalue weighted by atomic mass is 15.2. The molecule has 0 saturated carbocycles. The number of likely N-dealkylation sites (N-methyl/N-ethyl adjacent to an activating group) is 1. The summed E-state index contributed by atoms with van der Waals surface area (Å²) >= 11 is 0. The van der Waals surface area contributed by atoms with Crippen LogP contribution in [0.15, 0.2) is 24.3 Å². The van der Waals surface area contributed by atoms with E-state index in [0.717, 1.165) is 13.0 Å². The Hall–Kier alpha value is -0.860. The minimum atomic E-state index is 0.220. The smallest absolute Gasteiger partial charge is 0.0354 e. The van der Waals surface area contributed by atoms with Crippen molar-refractivity contribution >= 4 is 0 Å². The van der Waals surface area contributed by atoms with Crippen LogP contribution in [0.4, 0.5) is 0 Å². The minimum absolute atomic E-state index is 0.220. The second kappa shape index (κ2) is 8.55. The van der Waals surface area contributed by atoms with Gasteiger partial charge in [-0.05, 0) is 64.4 Å². The lowest BCUT2D eigenvalue weighted by Gasteiger charge is -2.46. The zero-order valence-corrected chi connectivity index (χ0v) is 14.9. The first kappa shape index (κ1) is 18.2. The first-order chi connectivity index (χ1) is 10.0. The first-order valence-electron chi connectivity index (χ1n) is 8.47. The van der Waals surface area contributed by atoms with Gasteiger partial charge in [0.2, 0.25) is 0 Å². The fraction of sp³-hybridized carbons (Fsp3) is 0.684. The van der Waals surface area contributed by atoms with Crippen LogP contribution in [0.25, 0.3) is 0 Å². The Morgan fingerprint density at radius 3 is 2.19 bits per heavy atom. The predicted octanol–water partition coefficient (Wildman–Crippen LogP) is 4.03. The highest BCUT2D eigenvalue weighted by Gasteiger charge is 2.37. The summed E-state index contributed by atoms with van der Waals surface area (Å²) in [5.74, 6) is 0. The van der Waals surface area contributed by atoms with E-state index in [2.05, 4.69) is 76.3 Å². The van der Waals surface area contributed by atoms with Gasteiger partial charge < -0.3 is 10.2 Å². The fourth-order valence-electron chi connectivity index (χ4n) is 3.52. The van der Waals surface area contributed by atoms with E-state index in [1.165, 1.54) is 30.4 Å². The molecule has 0 aliphatic rings. The van der Waals surface area contributed by atoms with Crippen LogP contribution in [0, 0.1) is 6.92 Å². The fourth-order valence-corrected chi connectivity index (χ4v) is 3.52. The SMILES string of the molecule is CCCNC(Cc1ccccc1C)C(CC)(CC)N(C)C. The molecular weight excluding hydrogens is 256 g/mol. The molecule has 120 valence electrons. The maximum Gasteiger partial charge on any atom is 0.0354 e. The third-order valence-corrected chi connectivity index (χ3v) is 5.09. The molecule has 1 rings (SSSR count). The number of hydrogen-bond donors (Lipinski definition) is 1. The van der Waals surface area contributed by atoms with E-state index in [1.54, 1.807) is 0 Å². The van der Waals surface area contributed by atoms with Gasteiger partial charge in [0.15, 0.2) is 0 Å². The molecule has 1 aromatic carbocycles. The Kier molecular flexibility index (Phi) is 7.41. The molecule has 0 radical (unpaired) electrons. The van der Waals surface area contributed by atoms with E-state index < -0.39 is 0 Å². The van der Waals surface area contributed by atoms with Gasteiger partial charge >= 0.3 is 0 Å². The van der Waals surface area contributed by atoms with Crippen LogP contribution in [0.1, 0.15) is 51.2 Å². The van der Waals surface area contributed by atoms with Gasteiger partial charge in [-0.25, -0.2) is 0 Å². The topological polar surface area (TPSA) is 15.3 Å². The van der Waals surface area contributed by atoms with Crippen molar-refractivity contribution in [1.82, 2.24) is 10.2 Å². The monoisotopic (exact) mass is 290 g/mol. The Balaban J connectivity index is 3.06. The molecule has 0 spiro atoms. The lowest BCUT2D eigenvalue weighted by Crippen LogP contribution is -2.59. The molecule has 0 saturated heterocycles. The van der Waals surface area contributed by atoms with Crippen molar-refractivity contribution in [3.63, 3.8) is 0 Å². The van der Waals surface area contributed by atoms with Crippen LogP contribution in [0.2, 0.25) is 0 Å². The van der Waals surface area contributed by atoms with Gasteiger partial charge in [0.25, 0.3) is 0 Å². The summed E-state index contributed by atoms with van der Waals surface area (Å²) < 4.78 is 0. The molecular formula is C19H34N2. The summed E-state index contributed by atoms with van der Waals surface area (Å²) in [4.78, 5) is 2.43. The van der Waals surface area contributed by atoms with E-state index in [1.807, 2.05) is 0 Å². The summed E-state index contributed by atoms with van der Waals surface area (Å²) in [5, 5.41) is 3.83. The molecule has 0 fully saturated rings. The van der Waals surface area contributed by atoms with Gasteiger partial charge in [-0.3, -0.25) is 0 Å². The third kappa shape index (κ3) is 4.31. The van der Waals surface area contributed by atoms with Crippen molar-refractivity contribution in [3.8, 4) is 0 Å². The first-order valence-corrected chi connectivity index (χ1v) is 8.47. The Bertz CT molecular complexity index is 408. The molecule has 1 unspecified atom stereocenters. The van der Waals surface area contributed by atoms with Crippen LogP contribution in [0.3, 0.4) is 0 Å². The van der Waals surface area contributed by atoms with E-state index in [-0.39, 0.29) is 5.54 Å². The van der Waals surface area contributed by atoms with Gasteiger partial charge in [0, 0.05) is 11.6 Å². The zero-order chi connectivity index (χ0) is 15.9. The van der Waals surface area contributed by atoms with Crippen molar-refractivity contribution in [3.05, 3.63) is 35.4 Å². The molecule has 0 bridgehead atoms. The van der Waals surface area contributed by atoms with Gasteiger partial charge in [0.1, 0.15) is 0 Å². The lowest BCUT2D eigenvalue weighted by molar-refractivity contribution is 0.0881. The molecule has 0 aliphatic heterocycles. The molecule has 1 atom stereocenters. The van der Waals surface area contributed by atoms with Crippen molar-refractivity contribution in [2.24, 2.45) is 0 Å². The minimum Gasteiger partial charge on any atom is -0.312 e. The number of nitrogens with one attached hydrogen (secondary N) is 1. The molecule has 0 aliphatic carbocycles. The van der Waals surface area contributed by atoms with Crippen LogP contribution >= 0.6 is 0 Å². The molecule has 1 N–H and O–H groups in total. The van der Waals surface area contributed by atoms with Crippen LogP contribution < -0.4 is 5.32 Å². The molecule has 0 amide bonds. The number of nitrogens with zero attached hydrogens (tertiary/aromatic N) is 1. The van der Waals surface area contributed by atoms with E-state index in [0.29, 0.717) is 6.04 Å². The van der Waals surface area contributed by atoms with Crippen molar-refractivity contribution in [1.29, 1.82) is 0 Å². The molecule has 21 heavy (non-hydrogen) atoms. The summed E-state index contributed by atoms with van der Waals surface area (Å²) in [6.07, 6.45) is 4.63. The number of benzene rings is 1. The number of aryl methyl sites for hydroxylation is 1. The molecule has 0 aromatic heterocycles. The lowest BCUT2D eigenvalue weighted by atomic mass is 9.79. The summed E-state index contributed by atoms with van der Waals surface area (Å²) in [7, 11) is 4.46. The second-order valence-electron chi connectivity index (χ2n) is 6.34. The molecule has 1 aromatic rings. The maximum absolute atomic E-state index is 3.83. The van der Waals surface area contributed by atoms with Gasteiger partial charge in [-0.15, -0.1) is 0 Å². The molecule has 2 heteroatoms. The van der Waals surface area contributed by atoms with Gasteiger partial charge in [-0.1, -0.05) is 45.0 Å². The summed E-state index contributed by atoms with van der Waals surface area (Å²) in [6.45, 7) is 10.2. The van der Waals surface area contributed by atoms with Crippen LogP contribution in [0.5, 0.6) is 0 Å². The quantitative estimate of drug-likeness (QED) is 0.739. The molecule has 2 nitrogen and oxygen atoms in total. The maximum atomic E-state index is 3.83. The predicted molar refractivity (Wildman–Crippen MR) is 94.0 cm³/mol. The van der Waals surface area contributed by atoms with Gasteiger partial charge in [-0.2, -0.15) is 0 Å². The second-order valence-corrected chi connectivity index (χ2v) is 6.34. The summed E-state index contributed by atoms with van der Waals surface area (Å²) in [6, 6.07) is 9.28. The van der Waals surface area contributed by atoms with E-state index in [9.17, 15) is 0 Å². The van der Waals surface area contributed by atoms with Crippen LogP contribution in [-0.4, -0.2) is 37.1 Å². The standard InChI is InChI=1S/C19H34N2/c1-7-14-20-18(19(8-2,9-3)21(5)6)15-17-13-11-10-12-16(17)4/h10-13,18,20H,7-9,14-15H2,1-6H3. The normalized spacial score (nSPS) is 13.7. The van der Waals surface area contributed by atoms with Crippen molar-refractivity contribution in [2.45, 2.75) is 65.0 Å². The largest absolute Gasteiger partial charge is 0.312 e. The Morgan fingerprint density at radius 2 is 1.71 bits per heavy atom.